The van der Waals surface area contributed by atoms with Gasteiger partial charge in [-0.2, -0.15) is 0 Å². The predicted molar refractivity (Wildman–Crippen MR) is 89.5 cm³/mol. The van der Waals surface area contributed by atoms with Crippen LogP contribution in [0.15, 0.2) is 24.3 Å². The Hall–Kier alpha value is -0.980. The van der Waals surface area contributed by atoms with Crippen LogP contribution >= 0.6 is 12.2 Å². The van der Waals surface area contributed by atoms with Crippen molar-refractivity contribution in [1.29, 1.82) is 0 Å². The highest BCUT2D eigenvalue weighted by atomic mass is 32.2. The largest absolute Gasteiger partial charge is 0.389 e. The maximum Gasteiger partial charge on any atom is 0.218 e. The SMILES string of the molecule is CCC1CCN(S(=O)(=O)Cc2cccc(C(N)=S)c2)CC1. The highest BCUT2D eigenvalue weighted by Gasteiger charge is 2.27. The van der Waals surface area contributed by atoms with Gasteiger partial charge in [-0.25, -0.2) is 12.7 Å². The molecule has 1 fully saturated rings. The summed E-state index contributed by atoms with van der Waals surface area (Å²) in [6.07, 6.45) is 3.05. The molecule has 1 aliphatic heterocycles. The van der Waals surface area contributed by atoms with E-state index in [9.17, 15) is 8.42 Å². The summed E-state index contributed by atoms with van der Waals surface area (Å²) in [5.41, 5.74) is 7.04. The van der Waals surface area contributed by atoms with E-state index < -0.39 is 10.0 Å². The quantitative estimate of drug-likeness (QED) is 0.843. The number of hydrogen-bond acceptors (Lipinski definition) is 3. The maximum atomic E-state index is 12.5. The minimum atomic E-state index is -3.26. The van der Waals surface area contributed by atoms with Gasteiger partial charge in [-0.3, -0.25) is 0 Å². The second-order valence-corrected chi connectivity index (χ2v) is 7.98. The third-order valence-corrected chi connectivity index (χ3v) is 6.19. The first-order valence-electron chi connectivity index (χ1n) is 7.29. The molecule has 1 heterocycles. The maximum absolute atomic E-state index is 12.5. The molecule has 4 nitrogen and oxygen atoms in total. The zero-order valence-electron chi connectivity index (χ0n) is 12.3. The van der Waals surface area contributed by atoms with Crippen LogP contribution in [0.2, 0.25) is 0 Å². The Morgan fingerprint density at radius 3 is 2.62 bits per heavy atom. The van der Waals surface area contributed by atoms with E-state index in [1.807, 2.05) is 0 Å². The van der Waals surface area contributed by atoms with Gasteiger partial charge in [-0.15, -0.1) is 0 Å². The van der Waals surface area contributed by atoms with Crippen molar-refractivity contribution in [2.24, 2.45) is 11.7 Å². The predicted octanol–water partition coefficient (Wildman–Crippen LogP) is 2.27. The van der Waals surface area contributed by atoms with Crippen LogP contribution in [-0.2, 0) is 15.8 Å². The second-order valence-electron chi connectivity index (χ2n) is 5.57. The third-order valence-electron chi connectivity index (χ3n) is 4.10. The average molecular weight is 326 g/mol. The molecule has 0 amide bonds. The normalized spacial score (nSPS) is 17.8. The fourth-order valence-corrected chi connectivity index (χ4v) is 4.39. The molecule has 0 unspecified atom stereocenters. The first-order chi connectivity index (χ1) is 9.92. The molecule has 0 saturated carbocycles. The zero-order valence-corrected chi connectivity index (χ0v) is 13.9. The molecule has 0 aliphatic carbocycles. The summed E-state index contributed by atoms with van der Waals surface area (Å²) in [7, 11) is -3.26. The van der Waals surface area contributed by atoms with Gasteiger partial charge >= 0.3 is 0 Å². The third kappa shape index (κ3) is 4.25. The van der Waals surface area contributed by atoms with Crippen LogP contribution in [0.1, 0.15) is 37.3 Å². The molecule has 0 bridgehead atoms. The molecule has 1 saturated heterocycles. The first-order valence-corrected chi connectivity index (χ1v) is 9.30. The van der Waals surface area contributed by atoms with Gasteiger partial charge in [0.15, 0.2) is 0 Å². The molecule has 2 rings (SSSR count). The van der Waals surface area contributed by atoms with Crippen LogP contribution in [0, 0.1) is 5.92 Å². The number of rotatable bonds is 5. The van der Waals surface area contributed by atoms with Crippen molar-refractivity contribution in [3.63, 3.8) is 0 Å². The highest BCUT2D eigenvalue weighted by Crippen LogP contribution is 2.23. The Labute approximate surface area is 132 Å². The van der Waals surface area contributed by atoms with Crippen LogP contribution in [0.25, 0.3) is 0 Å². The molecule has 6 heteroatoms. The summed E-state index contributed by atoms with van der Waals surface area (Å²) in [5, 5.41) is 0. The van der Waals surface area contributed by atoms with Gasteiger partial charge in [0.1, 0.15) is 4.99 Å². The molecular formula is C15H22N2O2S2. The van der Waals surface area contributed by atoms with Crippen molar-refractivity contribution in [1.82, 2.24) is 4.31 Å². The standard InChI is InChI=1S/C15H22N2O2S2/c1-2-12-6-8-17(9-7-12)21(18,19)11-13-4-3-5-14(10-13)15(16)20/h3-5,10,12H,2,6-9,11H2,1H3,(H2,16,20). The number of nitrogens with two attached hydrogens (primary N) is 1. The number of piperidine rings is 1. The average Bonchev–Trinajstić information content (AvgIpc) is 2.47. The fraction of sp³-hybridized carbons (Fsp3) is 0.533. The minimum Gasteiger partial charge on any atom is -0.389 e. The molecule has 1 aromatic carbocycles. The molecule has 21 heavy (non-hydrogen) atoms. The van der Waals surface area contributed by atoms with Crippen molar-refractivity contribution in [2.45, 2.75) is 31.9 Å². The fourth-order valence-electron chi connectivity index (χ4n) is 2.71. The first kappa shape index (κ1) is 16.4. The summed E-state index contributed by atoms with van der Waals surface area (Å²) in [6.45, 7) is 3.43. The number of nitrogens with zero attached hydrogens (tertiary/aromatic N) is 1. The monoisotopic (exact) mass is 326 g/mol. The molecule has 2 N–H and O–H groups in total. The van der Waals surface area contributed by atoms with Gasteiger partial charge in [-0.05, 0) is 30.4 Å². The minimum absolute atomic E-state index is 0.0141. The van der Waals surface area contributed by atoms with Crippen molar-refractivity contribution in [3.8, 4) is 0 Å². The van der Waals surface area contributed by atoms with Crippen LogP contribution in [0.5, 0.6) is 0 Å². The second kappa shape index (κ2) is 6.85. The van der Waals surface area contributed by atoms with Crippen molar-refractivity contribution >= 4 is 27.2 Å². The lowest BCUT2D eigenvalue weighted by molar-refractivity contribution is 0.269. The van der Waals surface area contributed by atoms with Crippen molar-refractivity contribution in [2.75, 3.05) is 13.1 Å². The molecular weight excluding hydrogens is 304 g/mol. The van der Waals surface area contributed by atoms with Gasteiger partial charge in [0.2, 0.25) is 10.0 Å². The Bertz CT molecular complexity index is 606. The molecule has 1 aromatic rings. The van der Waals surface area contributed by atoms with E-state index in [4.69, 9.17) is 18.0 Å². The van der Waals surface area contributed by atoms with E-state index in [2.05, 4.69) is 6.92 Å². The lowest BCUT2D eigenvalue weighted by Crippen LogP contribution is -2.39. The van der Waals surface area contributed by atoms with Crippen LogP contribution in [-0.4, -0.2) is 30.8 Å². The topological polar surface area (TPSA) is 63.4 Å². The molecule has 116 valence electrons. The molecule has 0 aromatic heterocycles. The van der Waals surface area contributed by atoms with Gasteiger partial charge < -0.3 is 5.73 Å². The summed E-state index contributed by atoms with van der Waals surface area (Å²) < 4.78 is 26.6. The number of hydrogen-bond donors (Lipinski definition) is 1. The van der Waals surface area contributed by atoms with Crippen molar-refractivity contribution in [3.05, 3.63) is 35.4 Å². The van der Waals surface area contributed by atoms with E-state index in [0.717, 1.165) is 24.8 Å². The van der Waals surface area contributed by atoms with E-state index >= 15 is 0 Å². The van der Waals surface area contributed by atoms with E-state index in [1.54, 1.807) is 28.6 Å². The summed E-state index contributed by atoms with van der Waals surface area (Å²) in [4.78, 5) is 0.290. The molecule has 0 radical (unpaired) electrons. The van der Waals surface area contributed by atoms with E-state index in [1.165, 1.54) is 0 Å². The summed E-state index contributed by atoms with van der Waals surface area (Å²) in [6, 6.07) is 7.16. The van der Waals surface area contributed by atoms with Gasteiger partial charge in [0, 0.05) is 18.7 Å². The smallest absolute Gasteiger partial charge is 0.218 e. The Morgan fingerprint density at radius 1 is 1.38 bits per heavy atom. The van der Waals surface area contributed by atoms with Crippen LogP contribution in [0.3, 0.4) is 0 Å². The van der Waals surface area contributed by atoms with Gasteiger partial charge in [-0.1, -0.05) is 43.8 Å². The van der Waals surface area contributed by atoms with Gasteiger partial charge in [0.05, 0.1) is 5.75 Å². The van der Waals surface area contributed by atoms with Crippen LogP contribution in [0.4, 0.5) is 0 Å². The zero-order chi connectivity index (χ0) is 15.5. The highest BCUT2D eigenvalue weighted by molar-refractivity contribution is 7.88. The van der Waals surface area contributed by atoms with Crippen molar-refractivity contribution < 1.29 is 8.42 Å². The van der Waals surface area contributed by atoms with Crippen LogP contribution < -0.4 is 5.73 Å². The number of thiocarbonyl (C=S) groups is 1. The van der Waals surface area contributed by atoms with E-state index in [-0.39, 0.29) is 10.7 Å². The lowest BCUT2D eigenvalue weighted by atomic mass is 9.96. The lowest BCUT2D eigenvalue weighted by Gasteiger charge is -2.30. The van der Waals surface area contributed by atoms with Gasteiger partial charge in [0.25, 0.3) is 0 Å². The Kier molecular flexibility index (Phi) is 5.35. The number of sulfonamides is 1. The molecule has 0 atom stereocenters. The number of benzene rings is 1. The Balaban J connectivity index is 2.07. The van der Waals surface area contributed by atoms with E-state index in [0.29, 0.717) is 24.6 Å². The summed E-state index contributed by atoms with van der Waals surface area (Å²) in [5.74, 6) is 0.676. The molecule has 1 aliphatic rings. The molecule has 0 spiro atoms. The summed E-state index contributed by atoms with van der Waals surface area (Å²) >= 11 is 4.93. The Morgan fingerprint density at radius 2 is 2.05 bits per heavy atom.